The van der Waals surface area contributed by atoms with Gasteiger partial charge in [0.25, 0.3) is 5.91 Å². The number of anilines is 1. The lowest BCUT2D eigenvalue weighted by Crippen LogP contribution is -2.34. The monoisotopic (exact) mass is 472 g/mol. The molecule has 0 aliphatic carbocycles. The molecule has 0 unspecified atom stereocenters. The summed E-state index contributed by atoms with van der Waals surface area (Å²) in [5.41, 5.74) is 4.11. The van der Waals surface area contributed by atoms with Crippen LogP contribution in [0.5, 0.6) is 0 Å². The Balaban J connectivity index is 1.47. The highest BCUT2D eigenvalue weighted by atomic mass is 35.5. The Bertz CT molecular complexity index is 1170. The maximum Gasteiger partial charge on any atom is 0.313 e. The molecule has 0 aliphatic heterocycles. The summed E-state index contributed by atoms with van der Waals surface area (Å²) < 4.78 is 5.48. The highest BCUT2D eigenvalue weighted by Gasteiger charge is 2.14. The molecule has 0 saturated carbocycles. The number of nitrogens with zero attached hydrogens (tertiary/aromatic N) is 1. The number of halogens is 2. The Morgan fingerprint density at radius 2 is 1.75 bits per heavy atom. The number of nitrogens with one attached hydrogen (secondary N) is 3. The van der Waals surface area contributed by atoms with E-state index in [-0.39, 0.29) is 17.1 Å². The molecule has 32 heavy (non-hydrogen) atoms. The number of benzene rings is 2. The normalized spacial score (nSPS) is 10.7. The zero-order chi connectivity index (χ0) is 23.1. The molecule has 10 heteroatoms. The van der Waals surface area contributed by atoms with E-state index in [4.69, 9.17) is 27.6 Å². The number of hydrogen-bond donors (Lipinski definition) is 3. The van der Waals surface area contributed by atoms with Gasteiger partial charge in [-0.05, 0) is 49.4 Å². The number of carbonyl (C=O) groups excluding carboxylic acids is 3. The van der Waals surface area contributed by atoms with Crippen molar-refractivity contribution in [1.82, 2.24) is 10.7 Å². The third-order valence-electron chi connectivity index (χ3n) is 4.15. The van der Waals surface area contributed by atoms with Gasteiger partial charge in [0.15, 0.2) is 0 Å². The quantitative estimate of drug-likeness (QED) is 0.286. The van der Waals surface area contributed by atoms with Crippen LogP contribution in [0, 0.1) is 6.92 Å². The molecule has 3 aromatic rings. The second-order valence-corrected chi connectivity index (χ2v) is 7.47. The molecule has 0 fully saturated rings. The molecular formula is C22H18Cl2N4O4. The first-order valence-corrected chi connectivity index (χ1v) is 10.1. The molecule has 0 bridgehead atoms. The van der Waals surface area contributed by atoms with Crippen LogP contribution in [-0.2, 0) is 16.1 Å². The van der Waals surface area contributed by atoms with Crippen molar-refractivity contribution in [2.24, 2.45) is 5.10 Å². The van der Waals surface area contributed by atoms with E-state index in [1.165, 1.54) is 18.3 Å². The number of hydrogen-bond acceptors (Lipinski definition) is 5. The van der Waals surface area contributed by atoms with Crippen molar-refractivity contribution in [2.75, 3.05) is 5.32 Å². The van der Waals surface area contributed by atoms with Crippen LogP contribution in [0.4, 0.5) is 5.69 Å². The molecule has 164 valence electrons. The van der Waals surface area contributed by atoms with Gasteiger partial charge < -0.3 is 15.1 Å². The maximum absolute atomic E-state index is 12.1. The van der Waals surface area contributed by atoms with Gasteiger partial charge in [0.1, 0.15) is 11.5 Å². The number of rotatable bonds is 6. The SMILES string of the molecule is Cc1ccc(NC(=O)C(=O)NCc2ccc(/C=N\NC(=O)c3ccc(Cl)cc3Cl)o2)cc1. The van der Waals surface area contributed by atoms with Crippen LogP contribution >= 0.6 is 23.2 Å². The zero-order valence-corrected chi connectivity index (χ0v) is 18.3. The van der Waals surface area contributed by atoms with Crippen molar-refractivity contribution in [3.63, 3.8) is 0 Å². The minimum absolute atomic E-state index is 0.000727. The number of hydrazone groups is 1. The zero-order valence-electron chi connectivity index (χ0n) is 16.8. The van der Waals surface area contributed by atoms with Crippen molar-refractivity contribution in [2.45, 2.75) is 13.5 Å². The van der Waals surface area contributed by atoms with Gasteiger partial charge >= 0.3 is 11.8 Å². The van der Waals surface area contributed by atoms with Gasteiger partial charge in [-0.3, -0.25) is 14.4 Å². The second-order valence-electron chi connectivity index (χ2n) is 6.63. The van der Waals surface area contributed by atoms with Gasteiger partial charge in [0.2, 0.25) is 0 Å². The topological polar surface area (TPSA) is 113 Å². The summed E-state index contributed by atoms with van der Waals surface area (Å²) in [5.74, 6) is -1.37. The third kappa shape index (κ3) is 6.44. The molecule has 2 aromatic carbocycles. The number of carbonyl (C=O) groups is 3. The van der Waals surface area contributed by atoms with Gasteiger partial charge in [-0.15, -0.1) is 0 Å². The van der Waals surface area contributed by atoms with Gasteiger partial charge in [0.05, 0.1) is 23.3 Å². The lowest BCUT2D eigenvalue weighted by molar-refractivity contribution is -0.136. The van der Waals surface area contributed by atoms with Crippen LogP contribution in [-0.4, -0.2) is 23.9 Å². The van der Waals surface area contributed by atoms with Crippen molar-refractivity contribution in [1.29, 1.82) is 0 Å². The summed E-state index contributed by atoms with van der Waals surface area (Å²) in [6, 6.07) is 14.7. The van der Waals surface area contributed by atoms with Crippen molar-refractivity contribution >= 4 is 52.8 Å². The Morgan fingerprint density at radius 1 is 1.00 bits per heavy atom. The maximum atomic E-state index is 12.1. The van der Waals surface area contributed by atoms with E-state index in [1.54, 1.807) is 30.3 Å². The summed E-state index contributed by atoms with van der Waals surface area (Å²) in [7, 11) is 0. The minimum Gasteiger partial charge on any atom is -0.458 e. The molecule has 0 aliphatic rings. The average molecular weight is 473 g/mol. The van der Waals surface area contributed by atoms with Gasteiger partial charge in [-0.25, -0.2) is 5.43 Å². The second kappa shape index (κ2) is 10.6. The van der Waals surface area contributed by atoms with Gasteiger partial charge in [0, 0.05) is 10.7 Å². The summed E-state index contributed by atoms with van der Waals surface area (Å²) in [4.78, 5) is 36.0. The minimum atomic E-state index is -0.802. The molecule has 3 rings (SSSR count). The summed E-state index contributed by atoms with van der Waals surface area (Å²) >= 11 is 11.8. The Labute approximate surface area is 193 Å². The van der Waals surface area contributed by atoms with Gasteiger partial charge in [-0.2, -0.15) is 5.10 Å². The first-order valence-electron chi connectivity index (χ1n) is 9.35. The van der Waals surface area contributed by atoms with E-state index in [2.05, 4.69) is 21.2 Å². The Morgan fingerprint density at radius 3 is 2.47 bits per heavy atom. The van der Waals surface area contributed by atoms with E-state index in [0.717, 1.165) is 5.56 Å². The first kappa shape index (κ1) is 23.1. The highest BCUT2D eigenvalue weighted by Crippen LogP contribution is 2.20. The molecule has 0 spiro atoms. The van der Waals surface area contributed by atoms with Crippen LogP contribution in [0.15, 0.2) is 64.1 Å². The number of amides is 3. The molecule has 8 nitrogen and oxygen atoms in total. The Hall–Kier alpha value is -3.62. The summed E-state index contributed by atoms with van der Waals surface area (Å²) in [6.07, 6.45) is 1.29. The Kier molecular flexibility index (Phi) is 7.64. The fourth-order valence-corrected chi connectivity index (χ4v) is 3.01. The van der Waals surface area contributed by atoms with Crippen molar-refractivity contribution < 1.29 is 18.8 Å². The largest absolute Gasteiger partial charge is 0.458 e. The van der Waals surface area contributed by atoms with E-state index in [1.807, 2.05) is 19.1 Å². The van der Waals surface area contributed by atoms with Crippen molar-refractivity contribution in [3.8, 4) is 0 Å². The summed E-state index contributed by atoms with van der Waals surface area (Å²) in [5, 5.41) is 9.40. The van der Waals surface area contributed by atoms with Crippen LogP contribution in [0.25, 0.3) is 0 Å². The van der Waals surface area contributed by atoms with E-state index < -0.39 is 17.7 Å². The number of furan rings is 1. The van der Waals surface area contributed by atoms with Crippen LogP contribution < -0.4 is 16.1 Å². The predicted molar refractivity (Wildman–Crippen MR) is 122 cm³/mol. The molecule has 3 amide bonds. The van der Waals surface area contributed by atoms with Crippen LogP contribution in [0.3, 0.4) is 0 Å². The summed E-state index contributed by atoms with van der Waals surface area (Å²) in [6.45, 7) is 1.92. The fraction of sp³-hybridized carbons (Fsp3) is 0.0909. The lowest BCUT2D eigenvalue weighted by Gasteiger charge is -2.05. The third-order valence-corrected chi connectivity index (χ3v) is 4.70. The molecule has 3 N–H and O–H groups in total. The average Bonchev–Trinajstić information content (AvgIpc) is 3.21. The fourth-order valence-electron chi connectivity index (χ4n) is 2.52. The smallest absolute Gasteiger partial charge is 0.313 e. The molecule has 0 atom stereocenters. The molecule has 0 saturated heterocycles. The highest BCUT2D eigenvalue weighted by molar-refractivity contribution is 6.39. The molecule has 0 radical (unpaired) electrons. The van der Waals surface area contributed by atoms with Crippen LogP contribution in [0.2, 0.25) is 10.0 Å². The van der Waals surface area contributed by atoms with Crippen LogP contribution in [0.1, 0.15) is 27.4 Å². The molecular weight excluding hydrogens is 455 g/mol. The first-order chi connectivity index (χ1) is 15.3. The predicted octanol–water partition coefficient (Wildman–Crippen LogP) is 3.91. The van der Waals surface area contributed by atoms with Crippen molar-refractivity contribution in [3.05, 3.63) is 87.3 Å². The standard InChI is InChI=1S/C22H18Cl2N4O4/c1-13-2-5-15(6-3-13)27-22(31)21(30)25-11-16-7-8-17(32-16)12-26-28-20(29)18-9-4-14(23)10-19(18)24/h2-10,12H,11H2,1H3,(H,25,30)(H,27,31)(H,28,29)/b26-12-. The van der Waals surface area contributed by atoms with Gasteiger partial charge in [-0.1, -0.05) is 40.9 Å². The molecule has 1 aromatic heterocycles. The lowest BCUT2D eigenvalue weighted by atomic mass is 10.2. The van der Waals surface area contributed by atoms with E-state index >= 15 is 0 Å². The van der Waals surface area contributed by atoms with E-state index in [0.29, 0.717) is 22.2 Å². The van der Waals surface area contributed by atoms with E-state index in [9.17, 15) is 14.4 Å². The molecule has 1 heterocycles. The number of aryl methyl sites for hydroxylation is 1.